The summed E-state index contributed by atoms with van der Waals surface area (Å²) in [4.78, 5) is 2.59. The summed E-state index contributed by atoms with van der Waals surface area (Å²) in [5.41, 5.74) is 5.75. The third-order valence-corrected chi connectivity index (χ3v) is 7.47. The molecule has 1 atom stereocenters. The molecule has 2 aromatic rings. The molecule has 1 heterocycles. The molecule has 0 saturated carbocycles. The van der Waals surface area contributed by atoms with E-state index >= 15 is 0 Å². The molecule has 0 bridgehead atoms. The predicted molar refractivity (Wildman–Crippen MR) is 147 cm³/mol. The summed E-state index contributed by atoms with van der Waals surface area (Å²) in [6.45, 7) is 22.9. The Bertz CT molecular complexity index is 909. The molecule has 1 unspecified atom stereocenters. The van der Waals surface area contributed by atoms with E-state index < -0.39 is 0 Å². The molecular formula is C30H44ClNORu-. The van der Waals surface area contributed by atoms with Crippen molar-refractivity contribution in [1.29, 1.82) is 0 Å². The summed E-state index contributed by atoms with van der Waals surface area (Å²) in [5.74, 6) is 2.70. The molecule has 0 spiro atoms. The van der Waals surface area contributed by atoms with E-state index in [1.54, 1.807) is 0 Å². The maximum Gasteiger partial charge on any atom is 0.0145 e. The largest absolute Gasteiger partial charge is 0.517 e. The Morgan fingerprint density at radius 3 is 2.12 bits per heavy atom. The number of benzene rings is 2. The van der Waals surface area contributed by atoms with Crippen LogP contribution in [0.5, 0.6) is 5.75 Å². The van der Waals surface area contributed by atoms with E-state index in [2.05, 4.69) is 78.1 Å². The molecule has 1 saturated heterocycles. The smallest absolute Gasteiger partial charge is 0.0145 e. The van der Waals surface area contributed by atoms with Crippen LogP contribution in [0.3, 0.4) is 0 Å². The first-order chi connectivity index (χ1) is 16.0. The molecule has 4 heteroatoms. The van der Waals surface area contributed by atoms with Gasteiger partial charge in [-0.1, -0.05) is 59.2 Å². The number of piperidine rings is 1. The van der Waals surface area contributed by atoms with Crippen LogP contribution >= 0.6 is 9.69 Å². The van der Waals surface area contributed by atoms with Gasteiger partial charge in [0.25, 0.3) is 0 Å². The fourth-order valence-electron chi connectivity index (χ4n) is 4.37. The summed E-state index contributed by atoms with van der Waals surface area (Å²) < 4.78 is 7.66. The molecule has 1 fully saturated rings. The number of rotatable bonds is 6. The monoisotopic (exact) mass is 571 g/mol. The van der Waals surface area contributed by atoms with E-state index in [0.717, 1.165) is 11.3 Å². The molecule has 0 aromatic heterocycles. The Kier molecular flexibility index (Phi) is 11.3. The number of nitrogens with zero attached hydrogens (tertiary/aromatic N) is 1. The summed E-state index contributed by atoms with van der Waals surface area (Å²) in [6, 6.07) is 14.8. The Morgan fingerprint density at radius 2 is 1.59 bits per heavy atom. The van der Waals surface area contributed by atoms with Crippen LogP contribution in [0.1, 0.15) is 104 Å². The van der Waals surface area contributed by atoms with E-state index in [1.807, 2.05) is 42.7 Å². The molecule has 0 amide bonds. The Morgan fingerprint density at radius 1 is 1.00 bits per heavy atom. The Labute approximate surface area is 220 Å². The fraction of sp³-hybridized carbons (Fsp3) is 0.533. The molecule has 34 heavy (non-hydrogen) atoms. The maximum absolute atomic E-state index is 5.72. The van der Waals surface area contributed by atoms with Gasteiger partial charge in [0, 0.05) is 11.2 Å². The van der Waals surface area contributed by atoms with Crippen LogP contribution in [0, 0.1) is 12.5 Å². The van der Waals surface area contributed by atoms with E-state index in [-0.39, 0.29) is 27.3 Å². The topological polar surface area (TPSA) is 12.5 Å². The SMILES string of the molecule is CC(C)Oc1ccccc1[CH]=[Ru][Cl].CC1[CH-]N(c2c(C(C)C)cccc2C(C)C)C(C)(C)CC1. The molecular weight excluding hydrogens is 527 g/mol. The minimum atomic E-state index is -0.191. The van der Waals surface area contributed by atoms with Crippen molar-refractivity contribution >= 4 is 20.0 Å². The van der Waals surface area contributed by atoms with Gasteiger partial charge in [0.15, 0.2) is 0 Å². The van der Waals surface area contributed by atoms with Gasteiger partial charge in [0.2, 0.25) is 0 Å². The molecule has 0 radical (unpaired) electrons. The molecule has 0 N–H and O–H groups in total. The van der Waals surface area contributed by atoms with Gasteiger partial charge in [0.05, 0.1) is 0 Å². The molecule has 3 rings (SSSR count). The van der Waals surface area contributed by atoms with E-state index in [1.165, 1.54) is 29.7 Å². The van der Waals surface area contributed by atoms with Gasteiger partial charge in [-0.3, -0.25) is 0 Å². The van der Waals surface area contributed by atoms with Crippen molar-refractivity contribution in [2.24, 2.45) is 5.92 Å². The van der Waals surface area contributed by atoms with Gasteiger partial charge in [-0.15, -0.1) is 0 Å². The number of ether oxygens (including phenoxy) is 1. The molecule has 0 aliphatic carbocycles. The zero-order valence-electron chi connectivity index (χ0n) is 22.5. The molecule has 1 aliphatic heterocycles. The van der Waals surface area contributed by atoms with Crippen molar-refractivity contribution in [1.82, 2.24) is 0 Å². The summed E-state index contributed by atoms with van der Waals surface area (Å²) in [7, 11) is 5.72. The first-order valence-electron chi connectivity index (χ1n) is 12.6. The van der Waals surface area contributed by atoms with Gasteiger partial charge < -0.3 is 4.90 Å². The van der Waals surface area contributed by atoms with Crippen molar-refractivity contribution in [3.05, 3.63) is 65.7 Å². The molecule has 2 nitrogen and oxygen atoms in total. The van der Waals surface area contributed by atoms with Crippen LogP contribution in [0.2, 0.25) is 0 Å². The van der Waals surface area contributed by atoms with Crippen molar-refractivity contribution < 1.29 is 20.4 Å². The van der Waals surface area contributed by atoms with Gasteiger partial charge in [-0.2, -0.15) is 5.92 Å². The normalized spacial score (nSPS) is 18.1. The van der Waals surface area contributed by atoms with E-state index in [9.17, 15) is 0 Å². The van der Waals surface area contributed by atoms with Crippen LogP contribution in [0.15, 0.2) is 42.5 Å². The quantitative estimate of drug-likeness (QED) is 0.254. The fourth-order valence-corrected chi connectivity index (χ4v) is 5.48. The third-order valence-electron chi connectivity index (χ3n) is 6.28. The maximum atomic E-state index is 5.72. The number of halogens is 1. The number of hydrogen-bond donors (Lipinski definition) is 0. The average Bonchev–Trinajstić information content (AvgIpc) is 2.76. The second kappa shape index (κ2) is 13.2. The second-order valence-electron chi connectivity index (χ2n) is 10.8. The van der Waals surface area contributed by atoms with Crippen molar-refractivity contribution in [3.8, 4) is 5.75 Å². The standard InChI is InChI=1S/C20H32N.C10H12O.ClH.Ru/c1-14(2)17-9-8-10-18(15(3)4)19(17)21-13-16(5)11-12-20(21,6)7;1-8(2)11-10-7-5-4-6-9(10)3;;/h8-10,13-16H,11-12H2,1-7H3;3-8H,1-2H3;1H;/q-1;;;+1/p-1. The average molecular weight is 571 g/mol. The number of para-hydroxylation sites is 2. The van der Waals surface area contributed by atoms with Crippen LogP contribution in [0.25, 0.3) is 0 Å². The minimum absolute atomic E-state index is 0.191. The molecule has 2 aromatic carbocycles. The van der Waals surface area contributed by atoms with Gasteiger partial charge >= 0.3 is 90.3 Å². The van der Waals surface area contributed by atoms with Crippen LogP contribution < -0.4 is 9.64 Å². The zero-order valence-corrected chi connectivity index (χ0v) is 25.0. The van der Waals surface area contributed by atoms with Crippen LogP contribution in [0.4, 0.5) is 5.69 Å². The molecule has 1 aliphatic rings. The van der Waals surface area contributed by atoms with Crippen molar-refractivity contribution in [2.45, 2.75) is 98.6 Å². The zero-order chi connectivity index (χ0) is 25.5. The summed E-state index contributed by atoms with van der Waals surface area (Å²) in [6.07, 6.45) is 2.76. The van der Waals surface area contributed by atoms with E-state index in [4.69, 9.17) is 14.4 Å². The van der Waals surface area contributed by atoms with Crippen molar-refractivity contribution in [2.75, 3.05) is 4.90 Å². The van der Waals surface area contributed by atoms with Crippen LogP contribution in [-0.2, 0) is 15.7 Å². The second-order valence-corrected chi connectivity index (χ2v) is 12.6. The first-order valence-corrected chi connectivity index (χ1v) is 15.8. The summed E-state index contributed by atoms with van der Waals surface area (Å²) >= 11 is -0.191. The van der Waals surface area contributed by atoms with Gasteiger partial charge in [0.1, 0.15) is 0 Å². The van der Waals surface area contributed by atoms with Gasteiger partial charge in [-0.25, -0.2) is 6.54 Å². The Balaban J connectivity index is 0.000000270. The predicted octanol–water partition coefficient (Wildman–Crippen LogP) is 8.97. The third kappa shape index (κ3) is 7.92. The number of anilines is 1. The van der Waals surface area contributed by atoms with Crippen molar-refractivity contribution in [3.63, 3.8) is 0 Å². The summed E-state index contributed by atoms with van der Waals surface area (Å²) in [5, 5.41) is 0. The van der Waals surface area contributed by atoms with Crippen LogP contribution in [-0.4, -0.2) is 16.3 Å². The molecule has 191 valence electrons. The number of hydrogen-bond acceptors (Lipinski definition) is 2. The minimum Gasteiger partial charge on any atom is -0.517 e. The van der Waals surface area contributed by atoms with E-state index in [0.29, 0.717) is 17.8 Å². The van der Waals surface area contributed by atoms with Gasteiger partial charge in [-0.05, 0) is 43.2 Å². The first kappa shape index (κ1) is 29.1. The Hall–Kier alpha value is -1.18.